The second-order valence-electron chi connectivity index (χ2n) is 6.56. The summed E-state index contributed by atoms with van der Waals surface area (Å²) in [5, 5.41) is 14.3. The smallest absolute Gasteiger partial charge is 0.271 e. The first-order valence-corrected chi connectivity index (χ1v) is 9.09. The SMILES string of the molecule is Cc1cc([N+](=O)[O-])cc(S(=O)(=O)NCC2(C)CCCNC2)c1C. The zero-order valence-electron chi connectivity index (χ0n) is 13.7. The lowest BCUT2D eigenvalue weighted by Crippen LogP contribution is -2.45. The molecule has 0 amide bonds. The van der Waals surface area contributed by atoms with E-state index in [1.807, 2.05) is 6.92 Å². The van der Waals surface area contributed by atoms with Gasteiger partial charge in [-0.3, -0.25) is 10.1 Å². The van der Waals surface area contributed by atoms with Crippen LogP contribution >= 0.6 is 0 Å². The highest BCUT2D eigenvalue weighted by atomic mass is 32.2. The van der Waals surface area contributed by atoms with Crippen molar-refractivity contribution in [1.29, 1.82) is 0 Å². The van der Waals surface area contributed by atoms with Gasteiger partial charge in [0.15, 0.2) is 0 Å². The van der Waals surface area contributed by atoms with Crippen LogP contribution < -0.4 is 10.0 Å². The molecule has 1 aromatic carbocycles. The number of aryl methyl sites for hydroxylation is 1. The third kappa shape index (κ3) is 4.07. The Bertz CT molecular complexity index is 710. The van der Waals surface area contributed by atoms with Gasteiger partial charge in [0, 0.05) is 25.2 Å². The molecule has 1 aliphatic heterocycles. The molecule has 128 valence electrons. The van der Waals surface area contributed by atoms with E-state index >= 15 is 0 Å². The summed E-state index contributed by atoms with van der Waals surface area (Å²) in [6.07, 6.45) is 1.95. The second kappa shape index (κ2) is 6.54. The van der Waals surface area contributed by atoms with Crippen molar-refractivity contribution in [2.24, 2.45) is 5.41 Å². The first-order valence-electron chi connectivity index (χ1n) is 7.61. The standard InChI is InChI=1S/C15H23N3O4S/c1-11-7-13(18(19)20)8-14(12(11)2)23(21,22)17-10-15(3)5-4-6-16-9-15/h7-8,16-17H,4-6,9-10H2,1-3H3. The Labute approximate surface area is 136 Å². The normalized spacial score (nSPS) is 22.0. The maximum Gasteiger partial charge on any atom is 0.271 e. The molecular weight excluding hydrogens is 318 g/mol. The maximum absolute atomic E-state index is 12.6. The lowest BCUT2D eigenvalue weighted by Gasteiger charge is -2.34. The Morgan fingerprint density at radius 1 is 1.39 bits per heavy atom. The second-order valence-corrected chi connectivity index (χ2v) is 8.29. The first-order chi connectivity index (χ1) is 10.6. The Morgan fingerprint density at radius 3 is 2.65 bits per heavy atom. The predicted molar refractivity (Wildman–Crippen MR) is 88.0 cm³/mol. The van der Waals surface area contributed by atoms with E-state index < -0.39 is 14.9 Å². The van der Waals surface area contributed by atoms with Gasteiger partial charge in [-0.2, -0.15) is 0 Å². The minimum Gasteiger partial charge on any atom is -0.316 e. The summed E-state index contributed by atoms with van der Waals surface area (Å²) in [5.74, 6) is 0. The maximum atomic E-state index is 12.6. The minimum absolute atomic E-state index is 0.0171. The third-order valence-electron chi connectivity index (χ3n) is 4.48. The van der Waals surface area contributed by atoms with Crippen LogP contribution in [0.25, 0.3) is 0 Å². The van der Waals surface area contributed by atoms with Crippen LogP contribution in [0.4, 0.5) is 5.69 Å². The molecule has 1 saturated heterocycles. The number of hydrogen-bond donors (Lipinski definition) is 2. The highest BCUT2D eigenvalue weighted by Crippen LogP contribution is 2.28. The quantitative estimate of drug-likeness (QED) is 0.629. The van der Waals surface area contributed by atoms with Gasteiger partial charge >= 0.3 is 0 Å². The van der Waals surface area contributed by atoms with Crippen molar-refractivity contribution < 1.29 is 13.3 Å². The molecule has 1 aromatic rings. The van der Waals surface area contributed by atoms with Crippen LogP contribution in [0.5, 0.6) is 0 Å². The number of rotatable bonds is 5. The summed E-state index contributed by atoms with van der Waals surface area (Å²) in [4.78, 5) is 10.4. The topological polar surface area (TPSA) is 101 Å². The number of nitrogens with zero attached hydrogens (tertiary/aromatic N) is 1. The van der Waals surface area contributed by atoms with Gasteiger partial charge in [0.25, 0.3) is 5.69 Å². The van der Waals surface area contributed by atoms with Crippen molar-refractivity contribution in [2.75, 3.05) is 19.6 Å². The minimum atomic E-state index is -3.79. The van der Waals surface area contributed by atoms with E-state index in [0.29, 0.717) is 17.7 Å². The number of nitrogens with one attached hydrogen (secondary N) is 2. The molecule has 0 radical (unpaired) electrons. The zero-order valence-corrected chi connectivity index (χ0v) is 14.5. The average molecular weight is 341 g/mol. The van der Waals surface area contributed by atoms with Gasteiger partial charge in [0.05, 0.1) is 9.82 Å². The number of nitro groups is 1. The van der Waals surface area contributed by atoms with Gasteiger partial charge in [0.2, 0.25) is 10.0 Å². The highest BCUT2D eigenvalue weighted by molar-refractivity contribution is 7.89. The van der Waals surface area contributed by atoms with Crippen molar-refractivity contribution in [3.05, 3.63) is 33.4 Å². The van der Waals surface area contributed by atoms with Crippen molar-refractivity contribution in [3.8, 4) is 0 Å². The molecule has 1 fully saturated rings. The Kier molecular flexibility index (Phi) is 5.07. The molecule has 0 aromatic heterocycles. The first kappa shape index (κ1) is 17.8. The summed E-state index contributed by atoms with van der Waals surface area (Å²) in [6.45, 7) is 7.38. The molecule has 1 heterocycles. The molecule has 1 atom stereocenters. The number of benzene rings is 1. The molecule has 0 aliphatic carbocycles. The van der Waals surface area contributed by atoms with Gasteiger partial charge < -0.3 is 5.32 Å². The molecule has 1 unspecified atom stereocenters. The van der Waals surface area contributed by atoms with Gasteiger partial charge in [-0.1, -0.05) is 6.92 Å². The van der Waals surface area contributed by atoms with Gasteiger partial charge in [-0.05, 0) is 49.8 Å². The van der Waals surface area contributed by atoms with Crippen LogP contribution in [-0.2, 0) is 10.0 Å². The lowest BCUT2D eigenvalue weighted by atomic mass is 9.83. The van der Waals surface area contributed by atoms with Gasteiger partial charge in [0.1, 0.15) is 0 Å². The van der Waals surface area contributed by atoms with Crippen molar-refractivity contribution in [1.82, 2.24) is 10.0 Å². The van der Waals surface area contributed by atoms with E-state index in [0.717, 1.165) is 32.0 Å². The number of nitro benzene ring substituents is 1. The van der Waals surface area contributed by atoms with E-state index in [9.17, 15) is 18.5 Å². The molecule has 0 bridgehead atoms. The zero-order chi connectivity index (χ0) is 17.3. The fourth-order valence-electron chi connectivity index (χ4n) is 2.81. The number of piperidine rings is 1. The fourth-order valence-corrected chi connectivity index (χ4v) is 4.34. The van der Waals surface area contributed by atoms with E-state index in [1.165, 1.54) is 6.07 Å². The average Bonchev–Trinajstić information content (AvgIpc) is 2.48. The summed E-state index contributed by atoms with van der Waals surface area (Å²) < 4.78 is 27.9. The molecule has 2 N–H and O–H groups in total. The summed E-state index contributed by atoms with van der Waals surface area (Å²) >= 11 is 0. The number of sulfonamides is 1. The Morgan fingerprint density at radius 2 is 2.09 bits per heavy atom. The fraction of sp³-hybridized carbons (Fsp3) is 0.600. The number of hydrogen-bond acceptors (Lipinski definition) is 5. The van der Waals surface area contributed by atoms with E-state index in [2.05, 4.69) is 10.0 Å². The van der Waals surface area contributed by atoms with Crippen molar-refractivity contribution >= 4 is 15.7 Å². The highest BCUT2D eigenvalue weighted by Gasteiger charge is 2.30. The van der Waals surface area contributed by atoms with Crippen LogP contribution in [0.1, 0.15) is 30.9 Å². The van der Waals surface area contributed by atoms with Gasteiger partial charge in [-0.15, -0.1) is 0 Å². The van der Waals surface area contributed by atoms with Crippen molar-refractivity contribution in [2.45, 2.75) is 38.5 Å². The summed E-state index contributed by atoms with van der Waals surface area (Å²) in [6, 6.07) is 2.52. The third-order valence-corrected chi connectivity index (χ3v) is 6.01. The van der Waals surface area contributed by atoms with Crippen LogP contribution in [0.3, 0.4) is 0 Å². The molecule has 23 heavy (non-hydrogen) atoms. The van der Waals surface area contributed by atoms with E-state index in [-0.39, 0.29) is 16.0 Å². The van der Waals surface area contributed by atoms with Crippen molar-refractivity contribution in [3.63, 3.8) is 0 Å². The predicted octanol–water partition coefficient (Wildman–Crippen LogP) is 1.88. The van der Waals surface area contributed by atoms with Crippen LogP contribution in [0.2, 0.25) is 0 Å². The van der Waals surface area contributed by atoms with Crippen LogP contribution in [0.15, 0.2) is 17.0 Å². The van der Waals surface area contributed by atoms with Crippen LogP contribution in [-0.4, -0.2) is 33.0 Å². The Balaban J connectivity index is 2.27. The summed E-state index contributed by atoms with van der Waals surface area (Å²) in [5.41, 5.74) is 0.772. The lowest BCUT2D eigenvalue weighted by molar-refractivity contribution is -0.385. The molecule has 8 heteroatoms. The molecule has 7 nitrogen and oxygen atoms in total. The number of non-ortho nitro benzene ring substituents is 1. The largest absolute Gasteiger partial charge is 0.316 e. The van der Waals surface area contributed by atoms with E-state index in [1.54, 1.807) is 13.8 Å². The van der Waals surface area contributed by atoms with Gasteiger partial charge in [-0.25, -0.2) is 13.1 Å². The molecule has 0 spiro atoms. The molecule has 1 aliphatic rings. The monoisotopic (exact) mass is 341 g/mol. The Hall–Kier alpha value is -1.51. The van der Waals surface area contributed by atoms with Crippen LogP contribution in [0, 0.1) is 29.4 Å². The van der Waals surface area contributed by atoms with E-state index in [4.69, 9.17) is 0 Å². The molecular formula is C15H23N3O4S. The molecule has 2 rings (SSSR count). The summed E-state index contributed by atoms with van der Waals surface area (Å²) in [7, 11) is -3.79. The molecule has 0 saturated carbocycles.